The Balaban J connectivity index is 1.67. The van der Waals surface area contributed by atoms with Crippen LogP contribution < -0.4 is 5.73 Å². The summed E-state index contributed by atoms with van der Waals surface area (Å²) in [6.07, 6.45) is 0.0757. The van der Waals surface area contributed by atoms with E-state index in [4.69, 9.17) is 10.5 Å². The number of benzene rings is 2. The van der Waals surface area contributed by atoms with Gasteiger partial charge in [-0.05, 0) is 28.2 Å². The monoisotopic (exact) mass is 353 g/mol. The quantitative estimate of drug-likeness (QED) is 0.808. The molecule has 2 atom stereocenters. The molecule has 0 aliphatic heterocycles. The molecular formula is C21H23NO4. The van der Waals surface area contributed by atoms with Gasteiger partial charge in [-0.1, -0.05) is 55.5 Å². The first kappa shape index (κ1) is 18.1. The fraction of sp³-hybridized carbons (Fsp3) is 0.333. The van der Waals surface area contributed by atoms with Crippen molar-refractivity contribution in [1.82, 2.24) is 0 Å². The van der Waals surface area contributed by atoms with Crippen molar-refractivity contribution in [2.75, 3.05) is 13.7 Å². The zero-order valence-electron chi connectivity index (χ0n) is 15.0. The van der Waals surface area contributed by atoms with Crippen LogP contribution in [-0.4, -0.2) is 31.7 Å². The van der Waals surface area contributed by atoms with Crippen molar-refractivity contribution in [2.45, 2.75) is 25.3 Å². The number of ether oxygens (including phenoxy) is 2. The van der Waals surface area contributed by atoms with Gasteiger partial charge in [-0.25, -0.2) is 0 Å². The molecule has 5 nitrogen and oxygen atoms in total. The maximum atomic E-state index is 12.2. The molecule has 26 heavy (non-hydrogen) atoms. The minimum absolute atomic E-state index is 0.0240. The van der Waals surface area contributed by atoms with Crippen LogP contribution >= 0.6 is 0 Å². The summed E-state index contributed by atoms with van der Waals surface area (Å²) in [5.41, 5.74) is 10.5. The van der Waals surface area contributed by atoms with Crippen molar-refractivity contribution in [2.24, 2.45) is 11.7 Å². The van der Waals surface area contributed by atoms with E-state index in [1.54, 1.807) is 6.92 Å². The summed E-state index contributed by atoms with van der Waals surface area (Å²) in [4.78, 5) is 23.7. The van der Waals surface area contributed by atoms with Gasteiger partial charge in [0, 0.05) is 5.92 Å². The fourth-order valence-corrected chi connectivity index (χ4v) is 3.43. The lowest BCUT2D eigenvalue weighted by molar-refractivity contribution is -0.147. The van der Waals surface area contributed by atoms with E-state index in [0.717, 1.165) is 0 Å². The Labute approximate surface area is 153 Å². The molecule has 0 fully saturated rings. The molecule has 0 aromatic heterocycles. The Hall–Kier alpha value is -2.66. The summed E-state index contributed by atoms with van der Waals surface area (Å²) >= 11 is 0. The van der Waals surface area contributed by atoms with E-state index in [2.05, 4.69) is 29.0 Å². The molecule has 0 saturated carbocycles. The second-order valence-electron chi connectivity index (χ2n) is 6.64. The van der Waals surface area contributed by atoms with Gasteiger partial charge >= 0.3 is 11.9 Å². The fourth-order valence-electron chi connectivity index (χ4n) is 3.43. The van der Waals surface area contributed by atoms with E-state index < -0.39 is 12.0 Å². The molecule has 0 saturated heterocycles. The highest BCUT2D eigenvalue weighted by molar-refractivity contribution is 5.79. The van der Waals surface area contributed by atoms with Crippen LogP contribution in [0.4, 0.5) is 0 Å². The molecule has 1 aliphatic carbocycles. The molecule has 0 bridgehead atoms. The standard InChI is InChI=1S/C21H23NO4/c1-13(20(22)21(24)25-2)11-19(23)26-12-18-16-9-5-3-7-14(16)15-8-4-6-10-17(15)18/h3-10,13,18,20H,11-12,22H2,1-2H3/t13-,20+/m0/s1. The molecule has 2 aromatic rings. The van der Waals surface area contributed by atoms with Crippen LogP contribution in [0.3, 0.4) is 0 Å². The summed E-state index contributed by atoms with van der Waals surface area (Å²) in [5, 5.41) is 0. The van der Waals surface area contributed by atoms with Crippen molar-refractivity contribution in [3.63, 3.8) is 0 Å². The van der Waals surface area contributed by atoms with Crippen LogP contribution in [0, 0.1) is 5.92 Å². The van der Waals surface area contributed by atoms with E-state index in [-0.39, 0.29) is 30.8 Å². The van der Waals surface area contributed by atoms with Gasteiger partial charge in [-0.2, -0.15) is 0 Å². The van der Waals surface area contributed by atoms with Crippen LogP contribution in [0.2, 0.25) is 0 Å². The van der Waals surface area contributed by atoms with Crippen LogP contribution in [0.5, 0.6) is 0 Å². The SMILES string of the molecule is COC(=O)[C@H](N)[C@@H](C)CC(=O)OCC1c2ccccc2-c2ccccc21. The van der Waals surface area contributed by atoms with Crippen LogP contribution in [0.1, 0.15) is 30.4 Å². The third-order valence-electron chi connectivity index (χ3n) is 4.95. The average Bonchev–Trinajstić information content (AvgIpc) is 2.99. The van der Waals surface area contributed by atoms with E-state index >= 15 is 0 Å². The lowest BCUT2D eigenvalue weighted by atomic mass is 9.97. The van der Waals surface area contributed by atoms with Crippen LogP contribution in [0.25, 0.3) is 11.1 Å². The van der Waals surface area contributed by atoms with Crippen molar-refractivity contribution >= 4 is 11.9 Å². The summed E-state index contributed by atoms with van der Waals surface area (Å²) in [5.74, 6) is -1.21. The van der Waals surface area contributed by atoms with E-state index in [1.165, 1.54) is 29.4 Å². The highest BCUT2D eigenvalue weighted by Gasteiger charge is 2.30. The maximum Gasteiger partial charge on any atom is 0.322 e. The third-order valence-corrected chi connectivity index (χ3v) is 4.95. The van der Waals surface area contributed by atoms with Gasteiger partial charge < -0.3 is 15.2 Å². The van der Waals surface area contributed by atoms with Gasteiger partial charge in [0.25, 0.3) is 0 Å². The highest BCUT2D eigenvalue weighted by atomic mass is 16.5. The van der Waals surface area contributed by atoms with Crippen LogP contribution in [-0.2, 0) is 19.1 Å². The number of nitrogens with two attached hydrogens (primary N) is 1. The number of methoxy groups -OCH3 is 1. The molecule has 2 aromatic carbocycles. The Morgan fingerprint density at radius 2 is 1.58 bits per heavy atom. The number of fused-ring (bicyclic) bond motifs is 3. The number of carbonyl (C=O) groups is 2. The molecule has 136 valence electrons. The first-order valence-electron chi connectivity index (χ1n) is 8.70. The minimum atomic E-state index is -0.833. The van der Waals surface area contributed by atoms with E-state index in [9.17, 15) is 9.59 Å². The number of hydrogen-bond donors (Lipinski definition) is 1. The second kappa shape index (κ2) is 7.70. The van der Waals surface area contributed by atoms with Gasteiger partial charge in [0.2, 0.25) is 0 Å². The Bertz CT molecular complexity index is 772. The topological polar surface area (TPSA) is 78.6 Å². The molecule has 2 N–H and O–H groups in total. The van der Waals surface area contributed by atoms with Crippen molar-refractivity contribution in [3.8, 4) is 11.1 Å². The second-order valence-corrected chi connectivity index (χ2v) is 6.64. The lowest BCUT2D eigenvalue weighted by Gasteiger charge is -2.18. The zero-order chi connectivity index (χ0) is 18.7. The molecule has 3 rings (SSSR count). The van der Waals surface area contributed by atoms with Gasteiger partial charge in [0.05, 0.1) is 13.5 Å². The Kier molecular flexibility index (Phi) is 5.38. The summed E-state index contributed by atoms with van der Waals surface area (Å²) in [6, 6.07) is 15.5. The summed E-state index contributed by atoms with van der Waals surface area (Å²) in [7, 11) is 1.28. The van der Waals surface area contributed by atoms with Crippen molar-refractivity contribution in [1.29, 1.82) is 0 Å². The molecule has 0 heterocycles. The smallest absolute Gasteiger partial charge is 0.322 e. The highest BCUT2D eigenvalue weighted by Crippen LogP contribution is 2.44. The predicted octanol–water partition coefficient (Wildman–Crippen LogP) is 2.87. The zero-order valence-corrected chi connectivity index (χ0v) is 15.0. The molecule has 5 heteroatoms. The molecule has 0 spiro atoms. The molecule has 0 unspecified atom stereocenters. The first-order chi connectivity index (χ1) is 12.5. The first-order valence-corrected chi connectivity index (χ1v) is 8.70. The average molecular weight is 353 g/mol. The van der Waals surface area contributed by atoms with E-state index in [1.807, 2.05) is 24.3 Å². The number of carbonyl (C=O) groups excluding carboxylic acids is 2. The number of esters is 2. The van der Waals surface area contributed by atoms with Gasteiger partial charge in [-0.3, -0.25) is 9.59 Å². The molecule has 0 radical (unpaired) electrons. The van der Waals surface area contributed by atoms with Gasteiger partial charge in [0.1, 0.15) is 12.6 Å². The van der Waals surface area contributed by atoms with Crippen molar-refractivity contribution in [3.05, 3.63) is 59.7 Å². The molecular weight excluding hydrogens is 330 g/mol. The van der Waals surface area contributed by atoms with Gasteiger partial charge in [-0.15, -0.1) is 0 Å². The summed E-state index contributed by atoms with van der Waals surface area (Å²) < 4.78 is 10.1. The van der Waals surface area contributed by atoms with Crippen LogP contribution in [0.15, 0.2) is 48.5 Å². The van der Waals surface area contributed by atoms with Crippen molar-refractivity contribution < 1.29 is 19.1 Å². The normalized spacial score (nSPS) is 14.9. The summed E-state index contributed by atoms with van der Waals surface area (Å²) in [6.45, 7) is 2.01. The van der Waals surface area contributed by atoms with Gasteiger partial charge in [0.15, 0.2) is 0 Å². The minimum Gasteiger partial charge on any atom is -0.468 e. The number of rotatable bonds is 6. The van der Waals surface area contributed by atoms with E-state index in [0.29, 0.717) is 0 Å². The Morgan fingerprint density at radius 3 is 2.12 bits per heavy atom. The maximum absolute atomic E-state index is 12.2. The molecule has 0 amide bonds. The molecule has 1 aliphatic rings. The third kappa shape index (κ3) is 3.48. The Morgan fingerprint density at radius 1 is 1.04 bits per heavy atom. The predicted molar refractivity (Wildman–Crippen MR) is 98.5 cm³/mol. The number of hydrogen-bond acceptors (Lipinski definition) is 5. The largest absolute Gasteiger partial charge is 0.468 e. The lowest BCUT2D eigenvalue weighted by Crippen LogP contribution is -2.38.